The van der Waals surface area contributed by atoms with Gasteiger partial charge >= 0.3 is 0 Å². The molecule has 0 radical (unpaired) electrons. The first kappa shape index (κ1) is 12.0. The first-order valence-corrected chi connectivity index (χ1v) is 6.55. The molecule has 2 heterocycles. The van der Waals surface area contributed by atoms with Crippen molar-refractivity contribution in [1.29, 1.82) is 0 Å². The molecule has 1 aromatic carbocycles. The lowest BCUT2D eigenvalue weighted by Gasteiger charge is -2.31. The molecule has 0 saturated carbocycles. The van der Waals surface area contributed by atoms with Crippen LogP contribution >= 0.6 is 0 Å². The zero-order chi connectivity index (χ0) is 13.6. The molecule has 0 spiro atoms. The molecule has 100 valence electrons. The van der Waals surface area contributed by atoms with Gasteiger partial charge in [0.05, 0.1) is 5.52 Å². The van der Waals surface area contributed by atoms with Crippen LogP contribution in [-0.2, 0) is 0 Å². The number of rotatable bonds is 1. The fourth-order valence-electron chi connectivity index (χ4n) is 2.81. The largest absolute Gasteiger partial charge is 0.399 e. The second-order valence-electron chi connectivity index (χ2n) is 5.75. The quantitative estimate of drug-likeness (QED) is 0.770. The normalized spacial score (nSPS) is 18.1. The minimum Gasteiger partial charge on any atom is -0.399 e. The number of hydrogen-bond acceptors (Lipinski definition) is 3. The van der Waals surface area contributed by atoms with Gasteiger partial charge in [0.1, 0.15) is 0 Å². The third-order valence-corrected chi connectivity index (χ3v) is 3.94. The minimum atomic E-state index is -0.0946. The van der Waals surface area contributed by atoms with Crippen molar-refractivity contribution in [2.75, 3.05) is 12.3 Å². The number of H-pyrrole nitrogens is 1. The third-order valence-electron chi connectivity index (χ3n) is 3.94. The molecule has 1 aromatic heterocycles. The number of carbonyl (C=O) groups is 1. The number of carbonyl (C=O) groups excluding carboxylic acids is 1. The highest BCUT2D eigenvalue weighted by Crippen LogP contribution is 2.31. The van der Waals surface area contributed by atoms with Crippen molar-refractivity contribution in [2.24, 2.45) is 0 Å². The van der Waals surface area contributed by atoms with Crippen LogP contribution in [0.4, 0.5) is 5.69 Å². The molecule has 1 amide bonds. The maximum absolute atomic E-state index is 12.7. The van der Waals surface area contributed by atoms with E-state index in [1.807, 2.05) is 11.0 Å². The number of benzene rings is 1. The lowest BCUT2D eigenvalue weighted by Crippen LogP contribution is -2.42. The third kappa shape index (κ3) is 1.85. The Morgan fingerprint density at radius 3 is 2.95 bits per heavy atom. The van der Waals surface area contributed by atoms with E-state index in [-0.39, 0.29) is 11.4 Å². The van der Waals surface area contributed by atoms with Crippen molar-refractivity contribution in [1.82, 2.24) is 15.1 Å². The SMILES string of the molecule is CC1(C)CCCN1C(=O)c1n[nH]c2ccc(N)cc12. The Balaban J connectivity index is 2.05. The van der Waals surface area contributed by atoms with E-state index >= 15 is 0 Å². The Morgan fingerprint density at radius 1 is 1.47 bits per heavy atom. The van der Waals surface area contributed by atoms with Crippen molar-refractivity contribution in [2.45, 2.75) is 32.2 Å². The average molecular weight is 258 g/mol. The lowest BCUT2D eigenvalue weighted by atomic mass is 10.0. The lowest BCUT2D eigenvalue weighted by molar-refractivity contribution is 0.0648. The number of nitrogen functional groups attached to an aromatic ring is 1. The molecule has 3 N–H and O–H groups in total. The smallest absolute Gasteiger partial charge is 0.275 e. The maximum atomic E-state index is 12.7. The molecule has 2 aromatic rings. The number of anilines is 1. The summed E-state index contributed by atoms with van der Waals surface area (Å²) in [6, 6.07) is 5.45. The number of likely N-dealkylation sites (tertiary alicyclic amines) is 1. The number of nitrogens with zero attached hydrogens (tertiary/aromatic N) is 2. The number of aromatic amines is 1. The summed E-state index contributed by atoms with van der Waals surface area (Å²) in [6.07, 6.45) is 2.08. The second kappa shape index (κ2) is 3.98. The van der Waals surface area contributed by atoms with Gasteiger partial charge in [0.2, 0.25) is 0 Å². The van der Waals surface area contributed by atoms with Crippen molar-refractivity contribution >= 4 is 22.5 Å². The van der Waals surface area contributed by atoms with Crippen LogP contribution < -0.4 is 5.73 Å². The van der Waals surface area contributed by atoms with E-state index in [0.29, 0.717) is 11.4 Å². The molecule has 19 heavy (non-hydrogen) atoms. The van der Waals surface area contributed by atoms with Gasteiger partial charge in [-0.2, -0.15) is 5.10 Å². The summed E-state index contributed by atoms with van der Waals surface area (Å²) in [5.41, 5.74) is 7.65. The highest BCUT2D eigenvalue weighted by molar-refractivity contribution is 6.05. The predicted octanol–water partition coefficient (Wildman–Crippen LogP) is 2.16. The molecular weight excluding hydrogens is 240 g/mol. The summed E-state index contributed by atoms with van der Waals surface area (Å²) >= 11 is 0. The fourth-order valence-corrected chi connectivity index (χ4v) is 2.81. The van der Waals surface area contributed by atoms with E-state index in [4.69, 9.17) is 5.73 Å². The highest BCUT2D eigenvalue weighted by atomic mass is 16.2. The Labute approximate surface area is 111 Å². The maximum Gasteiger partial charge on any atom is 0.275 e. The monoisotopic (exact) mass is 258 g/mol. The molecule has 1 saturated heterocycles. The van der Waals surface area contributed by atoms with E-state index in [1.54, 1.807) is 12.1 Å². The van der Waals surface area contributed by atoms with Crippen LogP contribution in [0.15, 0.2) is 18.2 Å². The molecule has 0 atom stereocenters. The zero-order valence-electron chi connectivity index (χ0n) is 11.2. The molecule has 0 aliphatic carbocycles. The summed E-state index contributed by atoms with van der Waals surface area (Å²) in [5.74, 6) is -0.0145. The topological polar surface area (TPSA) is 75.0 Å². The van der Waals surface area contributed by atoms with Crippen LogP contribution in [0, 0.1) is 0 Å². The van der Waals surface area contributed by atoms with Gasteiger partial charge in [0.15, 0.2) is 5.69 Å². The van der Waals surface area contributed by atoms with Gasteiger partial charge in [0, 0.05) is 23.2 Å². The zero-order valence-corrected chi connectivity index (χ0v) is 11.2. The van der Waals surface area contributed by atoms with E-state index in [0.717, 1.165) is 30.3 Å². The molecule has 0 bridgehead atoms. The van der Waals surface area contributed by atoms with Gasteiger partial charge in [-0.3, -0.25) is 9.89 Å². The van der Waals surface area contributed by atoms with E-state index in [1.165, 1.54) is 0 Å². The molecule has 3 rings (SSSR count). The first-order chi connectivity index (χ1) is 8.99. The van der Waals surface area contributed by atoms with Crippen LogP contribution in [0.2, 0.25) is 0 Å². The first-order valence-electron chi connectivity index (χ1n) is 6.55. The fraction of sp³-hybridized carbons (Fsp3) is 0.429. The van der Waals surface area contributed by atoms with Gasteiger partial charge in [-0.15, -0.1) is 0 Å². The van der Waals surface area contributed by atoms with Crippen LogP contribution in [0.1, 0.15) is 37.2 Å². The van der Waals surface area contributed by atoms with Crippen molar-refractivity contribution in [3.8, 4) is 0 Å². The molecule has 5 nitrogen and oxygen atoms in total. The Morgan fingerprint density at radius 2 is 2.26 bits per heavy atom. The summed E-state index contributed by atoms with van der Waals surface area (Å²) in [7, 11) is 0. The van der Waals surface area contributed by atoms with Gasteiger partial charge in [-0.25, -0.2) is 0 Å². The summed E-state index contributed by atoms with van der Waals surface area (Å²) in [5, 5.41) is 7.87. The summed E-state index contributed by atoms with van der Waals surface area (Å²) < 4.78 is 0. The second-order valence-corrected chi connectivity index (χ2v) is 5.75. The number of fused-ring (bicyclic) bond motifs is 1. The highest BCUT2D eigenvalue weighted by Gasteiger charge is 2.37. The van der Waals surface area contributed by atoms with Crippen molar-refractivity contribution < 1.29 is 4.79 Å². The molecule has 1 aliphatic heterocycles. The van der Waals surface area contributed by atoms with Crippen LogP contribution in [0.25, 0.3) is 10.9 Å². The Hall–Kier alpha value is -2.04. The van der Waals surface area contributed by atoms with E-state index in [9.17, 15) is 4.79 Å². The van der Waals surface area contributed by atoms with E-state index < -0.39 is 0 Å². The number of amides is 1. The van der Waals surface area contributed by atoms with Gasteiger partial charge in [-0.05, 0) is 44.9 Å². The Kier molecular flexibility index (Phi) is 2.52. The molecule has 1 fully saturated rings. The molecular formula is C14H18N4O. The van der Waals surface area contributed by atoms with Gasteiger partial charge in [0.25, 0.3) is 5.91 Å². The minimum absolute atomic E-state index is 0.0145. The summed E-state index contributed by atoms with van der Waals surface area (Å²) in [6.45, 7) is 4.99. The predicted molar refractivity (Wildman–Crippen MR) is 74.9 cm³/mol. The molecule has 1 aliphatic rings. The van der Waals surface area contributed by atoms with Crippen molar-refractivity contribution in [3.63, 3.8) is 0 Å². The molecule has 0 unspecified atom stereocenters. The number of nitrogens with two attached hydrogens (primary N) is 1. The van der Waals surface area contributed by atoms with E-state index in [2.05, 4.69) is 24.0 Å². The number of hydrogen-bond donors (Lipinski definition) is 2. The average Bonchev–Trinajstić information content (AvgIpc) is 2.91. The van der Waals surface area contributed by atoms with Crippen LogP contribution in [0.3, 0.4) is 0 Å². The van der Waals surface area contributed by atoms with Gasteiger partial charge in [-0.1, -0.05) is 0 Å². The van der Waals surface area contributed by atoms with Gasteiger partial charge < -0.3 is 10.6 Å². The standard InChI is InChI=1S/C14H18N4O/c1-14(2)6-3-7-18(14)13(19)12-10-8-9(15)4-5-11(10)16-17-12/h4-5,8H,3,6-7,15H2,1-2H3,(H,16,17). The Bertz CT molecular complexity index is 644. The number of aromatic nitrogens is 2. The van der Waals surface area contributed by atoms with Crippen molar-refractivity contribution in [3.05, 3.63) is 23.9 Å². The summed E-state index contributed by atoms with van der Waals surface area (Å²) in [4.78, 5) is 14.6. The van der Waals surface area contributed by atoms with Crippen LogP contribution in [0.5, 0.6) is 0 Å². The van der Waals surface area contributed by atoms with Crippen LogP contribution in [-0.4, -0.2) is 33.1 Å². The molecule has 5 heteroatoms. The number of nitrogens with one attached hydrogen (secondary N) is 1.